The number of nitrogen functional groups attached to an aromatic ring is 1. The predicted molar refractivity (Wildman–Crippen MR) is 82.5 cm³/mol. The van der Waals surface area contributed by atoms with Crippen molar-refractivity contribution in [3.8, 4) is 11.1 Å². The lowest BCUT2D eigenvalue weighted by molar-refractivity contribution is -0.384. The van der Waals surface area contributed by atoms with E-state index in [4.69, 9.17) is 17.3 Å². The van der Waals surface area contributed by atoms with Crippen molar-refractivity contribution in [2.75, 3.05) is 5.73 Å². The Hall–Kier alpha value is -3.40. The monoisotopic (exact) mass is 353 g/mol. The van der Waals surface area contributed by atoms with Crippen molar-refractivity contribution in [3.05, 3.63) is 54.8 Å². The van der Waals surface area contributed by atoms with Crippen LogP contribution >= 0.6 is 11.6 Å². The molecule has 5 N–H and O–H groups in total. The number of aromatic amines is 1. The van der Waals surface area contributed by atoms with E-state index in [0.717, 1.165) is 18.2 Å². The van der Waals surface area contributed by atoms with Gasteiger partial charge in [-0.15, -0.1) is 0 Å². The van der Waals surface area contributed by atoms with Crippen LogP contribution in [0, 0.1) is 10.1 Å². The highest BCUT2D eigenvalue weighted by Crippen LogP contribution is 2.34. The first-order chi connectivity index (χ1) is 11.1. The highest BCUT2D eigenvalue weighted by atomic mass is 35.5. The average Bonchev–Trinajstić information content (AvgIpc) is 2.45. The normalized spacial score (nSPS) is 10.4. The third kappa shape index (κ3) is 2.77. The fraction of sp³-hybridized carbons (Fsp3) is 0. The standard InChI is InChI=1S/C13H8ClN3O7/c14-5-2-1-4(3-6(5)17(23)24)7-8(12(19)20)10(15)16-11(18)9(7)13(21)22/h1-3H,(H,19,20)(H,21,22)(H3,15,16,18). The van der Waals surface area contributed by atoms with Gasteiger partial charge >= 0.3 is 11.9 Å². The summed E-state index contributed by atoms with van der Waals surface area (Å²) >= 11 is 5.68. The Morgan fingerprint density at radius 2 is 1.79 bits per heavy atom. The molecular formula is C13H8ClN3O7. The van der Waals surface area contributed by atoms with Crippen LogP contribution in [0.2, 0.25) is 5.02 Å². The van der Waals surface area contributed by atoms with E-state index in [2.05, 4.69) is 0 Å². The molecule has 0 aliphatic heterocycles. The molecule has 0 aliphatic carbocycles. The zero-order valence-corrected chi connectivity index (χ0v) is 12.3. The van der Waals surface area contributed by atoms with Gasteiger partial charge in [0.15, 0.2) is 0 Å². The smallest absolute Gasteiger partial charge is 0.342 e. The van der Waals surface area contributed by atoms with Gasteiger partial charge in [0.05, 0.1) is 4.92 Å². The molecule has 0 atom stereocenters. The van der Waals surface area contributed by atoms with Gasteiger partial charge in [-0.05, 0) is 11.6 Å². The number of carboxylic acid groups (broad SMARTS) is 2. The van der Waals surface area contributed by atoms with Crippen LogP contribution in [0.15, 0.2) is 23.0 Å². The molecule has 1 aromatic carbocycles. The highest BCUT2D eigenvalue weighted by Gasteiger charge is 2.27. The molecule has 24 heavy (non-hydrogen) atoms. The maximum Gasteiger partial charge on any atom is 0.342 e. The molecule has 1 heterocycles. The lowest BCUT2D eigenvalue weighted by Gasteiger charge is -2.12. The summed E-state index contributed by atoms with van der Waals surface area (Å²) in [7, 11) is 0. The van der Waals surface area contributed by atoms with E-state index in [-0.39, 0.29) is 10.6 Å². The van der Waals surface area contributed by atoms with Crippen molar-refractivity contribution in [2.24, 2.45) is 0 Å². The number of carbonyl (C=O) groups is 2. The molecule has 0 saturated heterocycles. The molecule has 2 aromatic rings. The van der Waals surface area contributed by atoms with Gasteiger partial charge in [0.2, 0.25) is 0 Å². The lowest BCUT2D eigenvalue weighted by Crippen LogP contribution is -2.24. The van der Waals surface area contributed by atoms with Crippen LogP contribution in [0.1, 0.15) is 20.7 Å². The third-order valence-electron chi connectivity index (χ3n) is 3.10. The molecule has 11 heteroatoms. The summed E-state index contributed by atoms with van der Waals surface area (Å²) in [6, 6.07) is 3.11. The molecule has 0 spiro atoms. The summed E-state index contributed by atoms with van der Waals surface area (Å²) in [5.41, 5.74) is 1.41. The number of anilines is 1. The van der Waals surface area contributed by atoms with Gasteiger partial charge in [0.1, 0.15) is 22.0 Å². The second kappa shape index (κ2) is 6.01. The first-order valence-corrected chi connectivity index (χ1v) is 6.49. The summed E-state index contributed by atoms with van der Waals surface area (Å²) in [5, 5.41) is 29.2. The zero-order chi connectivity index (χ0) is 18.2. The number of nitrogens with two attached hydrogens (primary N) is 1. The van der Waals surface area contributed by atoms with Gasteiger partial charge < -0.3 is 20.9 Å². The number of pyridine rings is 1. The van der Waals surface area contributed by atoms with Crippen LogP contribution in [-0.4, -0.2) is 32.1 Å². The minimum absolute atomic E-state index is 0.196. The zero-order valence-electron chi connectivity index (χ0n) is 11.6. The van der Waals surface area contributed by atoms with Crippen molar-refractivity contribution in [1.29, 1.82) is 0 Å². The molecule has 2 rings (SSSR count). The molecule has 0 saturated carbocycles. The molecule has 10 nitrogen and oxygen atoms in total. The van der Waals surface area contributed by atoms with Gasteiger partial charge in [0, 0.05) is 11.6 Å². The first-order valence-electron chi connectivity index (χ1n) is 6.11. The van der Waals surface area contributed by atoms with Crippen LogP contribution < -0.4 is 11.3 Å². The Kier molecular flexibility index (Phi) is 4.24. The van der Waals surface area contributed by atoms with E-state index in [1.165, 1.54) is 0 Å². The Bertz CT molecular complexity index is 951. The molecule has 0 radical (unpaired) electrons. The summed E-state index contributed by atoms with van der Waals surface area (Å²) in [4.78, 5) is 46.7. The number of rotatable bonds is 4. The molecule has 1 aromatic heterocycles. The van der Waals surface area contributed by atoms with E-state index in [0.29, 0.717) is 0 Å². The number of nitro benzene ring substituents is 1. The van der Waals surface area contributed by atoms with Crippen molar-refractivity contribution >= 4 is 35.0 Å². The lowest BCUT2D eigenvalue weighted by atomic mass is 9.95. The molecule has 124 valence electrons. The Balaban J connectivity index is 2.99. The summed E-state index contributed by atoms with van der Waals surface area (Å²) < 4.78 is 0. The number of hydrogen-bond donors (Lipinski definition) is 4. The second-order valence-electron chi connectivity index (χ2n) is 4.53. The van der Waals surface area contributed by atoms with Crippen LogP contribution in [0.25, 0.3) is 11.1 Å². The SMILES string of the molecule is Nc1[nH]c(=O)c(C(=O)O)c(-c2ccc(Cl)c([N+](=O)[O-])c2)c1C(=O)O. The number of hydrogen-bond acceptors (Lipinski definition) is 6. The number of halogens is 1. The maximum atomic E-state index is 11.9. The van der Waals surface area contributed by atoms with Crippen LogP contribution in [-0.2, 0) is 0 Å². The van der Waals surface area contributed by atoms with Crippen molar-refractivity contribution in [2.45, 2.75) is 0 Å². The topological polar surface area (TPSA) is 177 Å². The molecule has 0 aliphatic rings. The summed E-state index contributed by atoms with van der Waals surface area (Å²) in [6.45, 7) is 0. The van der Waals surface area contributed by atoms with Gasteiger partial charge in [-0.25, -0.2) is 9.59 Å². The molecule has 0 fully saturated rings. The van der Waals surface area contributed by atoms with E-state index < -0.39 is 50.6 Å². The van der Waals surface area contributed by atoms with Crippen LogP contribution in [0.3, 0.4) is 0 Å². The molecular weight excluding hydrogens is 346 g/mol. The van der Waals surface area contributed by atoms with Gasteiger partial charge in [-0.2, -0.15) is 0 Å². The minimum Gasteiger partial charge on any atom is -0.478 e. The Labute approximate surface area is 137 Å². The number of aromatic nitrogens is 1. The second-order valence-corrected chi connectivity index (χ2v) is 4.93. The number of H-pyrrole nitrogens is 1. The molecule has 0 bridgehead atoms. The van der Waals surface area contributed by atoms with Gasteiger partial charge in [-0.3, -0.25) is 14.9 Å². The largest absolute Gasteiger partial charge is 0.478 e. The Morgan fingerprint density at radius 1 is 1.21 bits per heavy atom. The maximum absolute atomic E-state index is 11.9. The van der Waals surface area contributed by atoms with E-state index in [9.17, 15) is 34.7 Å². The summed E-state index contributed by atoms with van der Waals surface area (Å²) in [5.74, 6) is -3.91. The van der Waals surface area contributed by atoms with Crippen molar-refractivity contribution in [3.63, 3.8) is 0 Å². The third-order valence-corrected chi connectivity index (χ3v) is 3.42. The van der Waals surface area contributed by atoms with E-state index in [1.54, 1.807) is 0 Å². The van der Waals surface area contributed by atoms with Crippen LogP contribution in [0.5, 0.6) is 0 Å². The van der Waals surface area contributed by atoms with E-state index >= 15 is 0 Å². The highest BCUT2D eigenvalue weighted by molar-refractivity contribution is 6.32. The van der Waals surface area contributed by atoms with Gasteiger partial charge in [0.25, 0.3) is 11.2 Å². The van der Waals surface area contributed by atoms with E-state index in [1.807, 2.05) is 4.98 Å². The number of nitro groups is 1. The fourth-order valence-electron chi connectivity index (χ4n) is 2.14. The fourth-order valence-corrected chi connectivity index (χ4v) is 2.33. The van der Waals surface area contributed by atoms with Crippen LogP contribution in [0.4, 0.5) is 11.5 Å². The molecule has 0 unspecified atom stereocenters. The number of carboxylic acids is 2. The Morgan fingerprint density at radius 3 is 2.29 bits per heavy atom. The average molecular weight is 354 g/mol. The number of nitrogens with zero attached hydrogens (tertiary/aromatic N) is 1. The van der Waals surface area contributed by atoms with Crippen molar-refractivity contribution < 1.29 is 24.7 Å². The quantitative estimate of drug-likeness (QED) is 0.472. The van der Waals surface area contributed by atoms with Gasteiger partial charge in [-0.1, -0.05) is 17.7 Å². The minimum atomic E-state index is -1.72. The number of aromatic carboxylic acids is 2. The predicted octanol–water partition coefficient (Wildman–Crippen LogP) is 1.58. The summed E-state index contributed by atoms with van der Waals surface area (Å²) in [6.07, 6.45) is 0. The van der Waals surface area contributed by atoms with Crippen molar-refractivity contribution in [1.82, 2.24) is 4.98 Å². The number of nitrogens with one attached hydrogen (secondary N) is 1. The molecule has 0 amide bonds. The first kappa shape index (κ1) is 17.0. The number of benzene rings is 1.